The first kappa shape index (κ1) is 13.1. The van der Waals surface area contributed by atoms with E-state index in [9.17, 15) is 0 Å². The molecule has 5 heteroatoms. The molecule has 0 radical (unpaired) electrons. The number of nitrogens with one attached hydrogen (secondary N) is 1. The van der Waals surface area contributed by atoms with Gasteiger partial charge in [-0.2, -0.15) is 0 Å². The molecule has 1 aromatic heterocycles. The van der Waals surface area contributed by atoms with Gasteiger partial charge in [-0.25, -0.2) is 4.98 Å². The Bertz CT molecular complexity index is 498. The van der Waals surface area contributed by atoms with Crippen LogP contribution >= 0.6 is 11.3 Å². The molecule has 0 saturated heterocycles. The molecule has 0 amide bonds. The lowest BCUT2D eigenvalue weighted by molar-refractivity contribution is 0.134. The number of thiazole rings is 1. The third-order valence-corrected chi connectivity index (χ3v) is 3.47. The Morgan fingerprint density at radius 3 is 3.11 bits per heavy atom. The third-order valence-electron chi connectivity index (χ3n) is 2.67. The van der Waals surface area contributed by atoms with Crippen LogP contribution in [0.15, 0.2) is 17.6 Å². The number of aromatic nitrogens is 1. The fourth-order valence-electron chi connectivity index (χ4n) is 1.75. The SMILES string of the molecule is CCCOCCCNc1ccc2scnc2c1N. The highest BCUT2D eigenvalue weighted by Gasteiger charge is 2.05. The van der Waals surface area contributed by atoms with Crippen molar-refractivity contribution >= 4 is 32.9 Å². The molecule has 18 heavy (non-hydrogen) atoms. The molecule has 2 rings (SSSR count). The van der Waals surface area contributed by atoms with E-state index in [1.54, 1.807) is 11.3 Å². The minimum atomic E-state index is 0.739. The van der Waals surface area contributed by atoms with Crippen LogP contribution in [0.25, 0.3) is 10.2 Å². The molecule has 0 saturated carbocycles. The number of nitrogens with two attached hydrogens (primary N) is 1. The molecule has 4 nitrogen and oxygen atoms in total. The van der Waals surface area contributed by atoms with Gasteiger partial charge in [-0.3, -0.25) is 0 Å². The number of fused-ring (bicyclic) bond motifs is 1. The molecule has 1 heterocycles. The van der Waals surface area contributed by atoms with Crippen molar-refractivity contribution in [3.8, 4) is 0 Å². The van der Waals surface area contributed by atoms with Crippen LogP contribution in [-0.2, 0) is 4.74 Å². The second-order valence-corrected chi connectivity index (χ2v) is 5.00. The molecule has 0 spiro atoms. The summed E-state index contributed by atoms with van der Waals surface area (Å²) in [5.41, 5.74) is 10.5. The highest BCUT2D eigenvalue weighted by molar-refractivity contribution is 7.16. The minimum Gasteiger partial charge on any atom is -0.395 e. The second kappa shape index (κ2) is 6.56. The van der Waals surface area contributed by atoms with Gasteiger partial charge in [0.15, 0.2) is 0 Å². The fourth-order valence-corrected chi connectivity index (χ4v) is 2.44. The summed E-state index contributed by atoms with van der Waals surface area (Å²) in [6, 6.07) is 4.07. The van der Waals surface area contributed by atoms with Gasteiger partial charge in [-0.1, -0.05) is 6.92 Å². The first-order valence-electron chi connectivity index (χ1n) is 6.26. The van der Waals surface area contributed by atoms with Crippen LogP contribution in [0.2, 0.25) is 0 Å². The smallest absolute Gasteiger partial charge is 0.106 e. The van der Waals surface area contributed by atoms with E-state index in [-0.39, 0.29) is 0 Å². The molecule has 0 bridgehead atoms. The Labute approximate surface area is 111 Å². The molecule has 3 N–H and O–H groups in total. The topological polar surface area (TPSA) is 60.2 Å². The number of nitrogen functional groups attached to an aromatic ring is 1. The van der Waals surface area contributed by atoms with Crippen LogP contribution in [0.4, 0.5) is 11.4 Å². The lowest BCUT2D eigenvalue weighted by Crippen LogP contribution is -2.07. The normalized spacial score (nSPS) is 10.9. The summed E-state index contributed by atoms with van der Waals surface area (Å²) in [4.78, 5) is 4.28. The monoisotopic (exact) mass is 265 g/mol. The lowest BCUT2D eigenvalue weighted by Gasteiger charge is -2.09. The molecule has 0 unspecified atom stereocenters. The van der Waals surface area contributed by atoms with Gasteiger partial charge in [0.25, 0.3) is 0 Å². The van der Waals surface area contributed by atoms with E-state index in [2.05, 4.69) is 23.3 Å². The number of nitrogens with zero attached hydrogens (tertiary/aromatic N) is 1. The first-order chi connectivity index (χ1) is 8.83. The van der Waals surface area contributed by atoms with Crippen molar-refractivity contribution in [1.82, 2.24) is 4.98 Å². The maximum absolute atomic E-state index is 6.08. The number of benzene rings is 1. The van der Waals surface area contributed by atoms with Crippen molar-refractivity contribution < 1.29 is 4.74 Å². The zero-order valence-electron chi connectivity index (χ0n) is 10.6. The summed E-state index contributed by atoms with van der Waals surface area (Å²) < 4.78 is 6.56. The van der Waals surface area contributed by atoms with Crippen LogP contribution in [0.1, 0.15) is 19.8 Å². The molecule has 0 aliphatic carbocycles. The molecule has 2 aromatic rings. The molecule has 0 fully saturated rings. The molecule has 0 aliphatic heterocycles. The van der Waals surface area contributed by atoms with Crippen LogP contribution in [-0.4, -0.2) is 24.7 Å². The van der Waals surface area contributed by atoms with E-state index in [4.69, 9.17) is 10.5 Å². The zero-order valence-corrected chi connectivity index (χ0v) is 11.4. The minimum absolute atomic E-state index is 0.739. The first-order valence-corrected chi connectivity index (χ1v) is 7.14. The molecule has 0 aliphatic rings. The Balaban J connectivity index is 1.86. The van der Waals surface area contributed by atoms with Crippen molar-refractivity contribution in [2.45, 2.75) is 19.8 Å². The van der Waals surface area contributed by atoms with Crippen LogP contribution < -0.4 is 11.1 Å². The maximum Gasteiger partial charge on any atom is 0.106 e. The summed E-state index contributed by atoms with van der Waals surface area (Å²) >= 11 is 1.61. The van der Waals surface area contributed by atoms with Gasteiger partial charge in [-0.15, -0.1) is 11.3 Å². The zero-order chi connectivity index (χ0) is 12.8. The van der Waals surface area contributed by atoms with Crippen LogP contribution in [0.5, 0.6) is 0 Å². The second-order valence-electron chi connectivity index (χ2n) is 4.12. The Morgan fingerprint density at radius 2 is 2.28 bits per heavy atom. The van der Waals surface area contributed by atoms with E-state index in [1.165, 1.54) is 0 Å². The van der Waals surface area contributed by atoms with Crippen molar-refractivity contribution in [1.29, 1.82) is 0 Å². The quantitative estimate of drug-likeness (QED) is 0.596. The summed E-state index contributed by atoms with van der Waals surface area (Å²) in [5.74, 6) is 0. The van der Waals surface area contributed by atoms with Gasteiger partial charge >= 0.3 is 0 Å². The lowest BCUT2D eigenvalue weighted by atomic mass is 10.2. The van der Waals surface area contributed by atoms with E-state index >= 15 is 0 Å². The van der Waals surface area contributed by atoms with Crippen LogP contribution in [0, 0.1) is 0 Å². The summed E-state index contributed by atoms with van der Waals surface area (Å²) in [6.07, 6.45) is 2.05. The summed E-state index contributed by atoms with van der Waals surface area (Å²) in [6.45, 7) is 4.61. The predicted molar refractivity (Wildman–Crippen MR) is 78.2 cm³/mol. The highest BCUT2D eigenvalue weighted by atomic mass is 32.1. The van der Waals surface area contributed by atoms with Gasteiger partial charge in [0, 0.05) is 19.8 Å². The Morgan fingerprint density at radius 1 is 1.39 bits per heavy atom. The number of anilines is 2. The Hall–Kier alpha value is -1.33. The van der Waals surface area contributed by atoms with Crippen molar-refractivity contribution in [3.05, 3.63) is 17.6 Å². The average molecular weight is 265 g/mol. The number of rotatable bonds is 7. The van der Waals surface area contributed by atoms with E-state index in [0.717, 1.165) is 54.2 Å². The van der Waals surface area contributed by atoms with E-state index in [1.807, 2.05) is 11.6 Å². The highest BCUT2D eigenvalue weighted by Crippen LogP contribution is 2.29. The number of hydrogen-bond donors (Lipinski definition) is 2. The largest absolute Gasteiger partial charge is 0.395 e. The van der Waals surface area contributed by atoms with Gasteiger partial charge in [0.05, 0.1) is 21.6 Å². The van der Waals surface area contributed by atoms with Gasteiger partial charge in [0.2, 0.25) is 0 Å². The summed E-state index contributed by atoms with van der Waals surface area (Å²) in [7, 11) is 0. The standard InChI is InChI=1S/C13H19N3OS/c1-2-7-17-8-3-6-15-10-4-5-11-13(12(10)14)16-9-18-11/h4-5,9,15H,2-3,6-8,14H2,1H3. The third kappa shape index (κ3) is 3.11. The molecular weight excluding hydrogens is 246 g/mol. The fraction of sp³-hybridized carbons (Fsp3) is 0.462. The van der Waals surface area contributed by atoms with Crippen LogP contribution in [0.3, 0.4) is 0 Å². The maximum atomic E-state index is 6.08. The average Bonchev–Trinajstić information content (AvgIpc) is 2.85. The van der Waals surface area contributed by atoms with E-state index < -0.39 is 0 Å². The molecule has 0 atom stereocenters. The van der Waals surface area contributed by atoms with Gasteiger partial charge < -0.3 is 15.8 Å². The predicted octanol–water partition coefficient (Wildman–Crippen LogP) is 3.11. The number of ether oxygens (including phenoxy) is 1. The van der Waals surface area contributed by atoms with E-state index in [0.29, 0.717) is 0 Å². The Kier molecular flexibility index (Phi) is 4.78. The van der Waals surface area contributed by atoms with Gasteiger partial charge in [-0.05, 0) is 25.0 Å². The van der Waals surface area contributed by atoms with Crippen molar-refractivity contribution in [3.63, 3.8) is 0 Å². The van der Waals surface area contributed by atoms with Crippen molar-refractivity contribution in [2.75, 3.05) is 30.8 Å². The molecule has 1 aromatic carbocycles. The molecule has 98 valence electrons. The molecular formula is C13H19N3OS. The summed E-state index contributed by atoms with van der Waals surface area (Å²) in [5, 5.41) is 3.33. The number of hydrogen-bond acceptors (Lipinski definition) is 5. The van der Waals surface area contributed by atoms with Crippen molar-refractivity contribution in [2.24, 2.45) is 0 Å². The van der Waals surface area contributed by atoms with Gasteiger partial charge in [0.1, 0.15) is 5.52 Å².